The van der Waals surface area contributed by atoms with Crippen LogP contribution < -0.4 is 5.32 Å². The molecule has 0 bridgehead atoms. The third kappa shape index (κ3) is 3.78. The molecule has 0 radical (unpaired) electrons. The van der Waals surface area contributed by atoms with Crippen LogP contribution in [-0.4, -0.2) is 33.9 Å². The highest BCUT2D eigenvalue weighted by atomic mass is 32.1. The Bertz CT molecular complexity index is 549. The number of carbonyl (C=O) groups excluding carboxylic acids is 1. The normalized spacial score (nSPS) is 10.4. The average Bonchev–Trinajstić information content (AvgIpc) is 2.99. The van der Waals surface area contributed by atoms with Crippen molar-refractivity contribution >= 4 is 22.4 Å². The summed E-state index contributed by atoms with van der Waals surface area (Å²) in [5, 5.41) is 9.76. The van der Waals surface area contributed by atoms with Crippen LogP contribution in [0, 0.1) is 6.92 Å². The molecule has 2 aromatic heterocycles. The molecule has 0 fully saturated rings. The van der Waals surface area contributed by atoms with E-state index in [1.807, 2.05) is 24.0 Å². The molecule has 19 heavy (non-hydrogen) atoms. The van der Waals surface area contributed by atoms with Crippen molar-refractivity contribution < 1.29 is 9.53 Å². The van der Waals surface area contributed by atoms with Crippen LogP contribution in [0.3, 0.4) is 0 Å². The summed E-state index contributed by atoms with van der Waals surface area (Å²) in [7, 11) is 0. The zero-order valence-corrected chi connectivity index (χ0v) is 11.7. The van der Waals surface area contributed by atoms with Crippen LogP contribution in [0.25, 0.3) is 0 Å². The van der Waals surface area contributed by atoms with E-state index in [9.17, 15) is 4.79 Å². The number of aromatic nitrogens is 3. The molecule has 7 heteroatoms. The first-order valence-electron chi connectivity index (χ1n) is 6.04. The van der Waals surface area contributed by atoms with Crippen LogP contribution >= 0.6 is 11.3 Å². The zero-order valence-electron chi connectivity index (χ0n) is 10.9. The van der Waals surface area contributed by atoms with Gasteiger partial charge in [0.15, 0.2) is 10.8 Å². The fourth-order valence-electron chi connectivity index (χ4n) is 1.52. The highest BCUT2D eigenvalue weighted by molar-refractivity contribution is 7.13. The summed E-state index contributed by atoms with van der Waals surface area (Å²) in [6.07, 6.45) is 3.80. The van der Waals surface area contributed by atoms with E-state index in [4.69, 9.17) is 4.74 Å². The van der Waals surface area contributed by atoms with Gasteiger partial charge in [0.05, 0.1) is 19.3 Å². The topological polar surface area (TPSA) is 69.0 Å². The zero-order chi connectivity index (χ0) is 13.7. The van der Waals surface area contributed by atoms with E-state index in [0.29, 0.717) is 24.0 Å². The number of aryl methyl sites for hydroxylation is 1. The number of esters is 1. The Morgan fingerprint density at radius 3 is 3.11 bits per heavy atom. The van der Waals surface area contributed by atoms with Gasteiger partial charge in [0.1, 0.15) is 0 Å². The van der Waals surface area contributed by atoms with E-state index < -0.39 is 0 Å². The molecule has 2 rings (SSSR count). The lowest BCUT2D eigenvalue weighted by Crippen LogP contribution is -2.11. The quantitative estimate of drug-likeness (QED) is 0.819. The number of anilines is 1. The minimum absolute atomic E-state index is 0.351. The van der Waals surface area contributed by atoms with Gasteiger partial charge in [0.25, 0.3) is 0 Å². The van der Waals surface area contributed by atoms with Crippen LogP contribution in [0.2, 0.25) is 0 Å². The Morgan fingerprint density at radius 1 is 1.58 bits per heavy atom. The predicted molar refractivity (Wildman–Crippen MR) is 73.5 cm³/mol. The number of ether oxygens (including phenoxy) is 1. The smallest absolute Gasteiger partial charge is 0.357 e. The van der Waals surface area contributed by atoms with Crippen molar-refractivity contribution in [1.29, 1.82) is 0 Å². The molecular formula is C12H16N4O2S. The van der Waals surface area contributed by atoms with Gasteiger partial charge in [-0.2, -0.15) is 5.10 Å². The lowest BCUT2D eigenvalue weighted by atomic mass is 10.4. The largest absolute Gasteiger partial charge is 0.461 e. The summed E-state index contributed by atoms with van der Waals surface area (Å²) >= 11 is 1.39. The number of thiazole rings is 1. The highest BCUT2D eigenvalue weighted by Gasteiger charge is 2.10. The molecule has 2 heterocycles. The van der Waals surface area contributed by atoms with E-state index in [1.165, 1.54) is 11.3 Å². The van der Waals surface area contributed by atoms with Crippen LogP contribution in [0.5, 0.6) is 0 Å². The molecule has 0 aromatic carbocycles. The maximum absolute atomic E-state index is 11.4. The van der Waals surface area contributed by atoms with E-state index >= 15 is 0 Å². The molecule has 0 amide bonds. The van der Waals surface area contributed by atoms with Crippen molar-refractivity contribution in [3.63, 3.8) is 0 Å². The van der Waals surface area contributed by atoms with Gasteiger partial charge >= 0.3 is 5.97 Å². The summed E-state index contributed by atoms with van der Waals surface area (Å²) in [4.78, 5) is 15.6. The molecule has 0 saturated carbocycles. The van der Waals surface area contributed by atoms with Gasteiger partial charge in [-0.3, -0.25) is 4.68 Å². The second-order valence-corrected chi connectivity index (χ2v) is 4.82. The predicted octanol–water partition coefficient (Wildman–Crippen LogP) is 1.94. The van der Waals surface area contributed by atoms with Crippen molar-refractivity contribution in [3.05, 3.63) is 29.0 Å². The first-order chi connectivity index (χ1) is 9.19. The number of nitrogens with one attached hydrogen (secondary N) is 1. The number of nitrogens with zero attached hydrogens (tertiary/aromatic N) is 3. The first kappa shape index (κ1) is 13.5. The number of rotatable bonds is 6. The summed E-state index contributed by atoms with van der Waals surface area (Å²) in [5.41, 5.74) is 1.49. The van der Waals surface area contributed by atoms with Gasteiger partial charge in [-0.1, -0.05) is 0 Å². The summed E-state index contributed by atoms with van der Waals surface area (Å²) in [6, 6.07) is 0. The fourth-order valence-corrected chi connectivity index (χ4v) is 2.23. The molecule has 0 aliphatic heterocycles. The van der Waals surface area contributed by atoms with Gasteiger partial charge in [-0.05, 0) is 19.4 Å². The van der Waals surface area contributed by atoms with Crippen LogP contribution in [0.15, 0.2) is 17.8 Å². The van der Waals surface area contributed by atoms with Gasteiger partial charge in [0.2, 0.25) is 0 Å². The monoisotopic (exact) mass is 280 g/mol. The van der Waals surface area contributed by atoms with Gasteiger partial charge in [0, 0.05) is 18.1 Å². The molecule has 0 atom stereocenters. The molecule has 0 unspecified atom stereocenters. The lowest BCUT2D eigenvalue weighted by Gasteiger charge is -2.02. The number of hydrogen-bond acceptors (Lipinski definition) is 6. The van der Waals surface area contributed by atoms with Gasteiger partial charge in [-0.15, -0.1) is 11.3 Å². The minimum Gasteiger partial charge on any atom is -0.461 e. The Balaban J connectivity index is 1.81. The second-order valence-electron chi connectivity index (χ2n) is 3.97. The maximum atomic E-state index is 11.4. The van der Waals surface area contributed by atoms with Crippen LogP contribution in [0.4, 0.5) is 5.13 Å². The van der Waals surface area contributed by atoms with Crippen molar-refractivity contribution in [2.45, 2.75) is 20.4 Å². The van der Waals surface area contributed by atoms with E-state index in [-0.39, 0.29) is 5.97 Å². The lowest BCUT2D eigenvalue weighted by molar-refractivity contribution is 0.0520. The van der Waals surface area contributed by atoms with Gasteiger partial charge < -0.3 is 10.1 Å². The van der Waals surface area contributed by atoms with Crippen molar-refractivity contribution in [2.75, 3.05) is 18.5 Å². The Kier molecular flexibility index (Phi) is 4.51. The van der Waals surface area contributed by atoms with Crippen LogP contribution in [-0.2, 0) is 11.3 Å². The number of hydrogen-bond donors (Lipinski definition) is 1. The molecule has 2 aromatic rings. The Hall–Kier alpha value is -1.89. The molecule has 0 spiro atoms. The molecule has 0 saturated heterocycles. The fraction of sp³-hybridized carbons (Fsp3) is 0.417. The maximum Gasteiger partial charge on any atom is 0.357 e. The third-order valence-corrected chi connectivity index (χ3v) is 3.17. The number of carbonyl (C=O) groups is 1. The van der Waals surface area contributed by atoms with E-state index in [1.54, 1.807) is 12.3 Å². The molecule has 1 N–H and O–H groups in total. The van der Waals surface area contributed by atoms with Crippen molar-refractivity contribution in [2.24, 2.45) is 0 Å². The van der Waals surface area contributed by atoms with Crippen molar-refractivity contribution in [3.8, 4) is 0 Å². The van der Waals surface area contributed by atoms with Crippen molar-refractivity contribution in [1.82, 2.24) is 14.8 Å². The molecular weight excluding hydrogens is 264 g/mol. The van der Waals surface area contributed by atoms with Gasteiger partial charge in [-0.25, -0.2) is 9.78 Å². The minimum atomic E-state index is -0.380. The molecule has 6 nitrogen and oxygen atoms in total. The van der Waals surface area contributed by atoms with E-state index in [0.717, 1.165) is 12.1 Å². The van der Waals surface area contributed by atoms with Crippen LogP contribution in [0.1, 0.15) is 23.0 Å². The SMILES string of the molecule is CCOC(=O)c1csc(NCCn2cc(C)cn2)n1. The first-order valence-corrected chi connectivity index (χ1v) is 6.92. The average molecular weight is 280 g/mol. The second kappa shape index (κ2) is 6.33. The Morgan fingerprint density at radius 2 is 2.42 bits per heavy atom. The summed E-state index contributed by atoms with van der Waals surface area (Å²) in [5.74, 6) is -0.380. The molecule has 0 aliphatic rings. The molecule has 102 valence electrons. The summed E-state index contributed by atoms with van der Waals surface area (Å²) < 4.78 is 6.74. The third-order valence-electron chi connectivity index (χ3n) is 2.37. The summed E-state index contributed by atoms with van der Waals surface area (Å²) in [6.45, 7) is 5.59. The molecule has 0 aliphatic carbocycles. The standard InChI is InChI=1S/C12H16N4O2S/c1-3-18-11(17)10-8-19-12(15-10)13-4-5-16-7-9(2)6-14-16/h6-8H,3-5H2,1-2H3,(H,13,15). The van der Waals surface area contributed by atoms with E-state index in [2.05, 4.69) is 15.4 Å². The highest BCUT2D eigenvalue weighted by Crippen LogP contribution is 2.15. The Labute approximate surface area is 115 Å².